The molecular weight excluding hydrogens is 900 g/mol. The molecule has 64 heavy (non-hydrogen) atoms. The van der Waals surface area contributed by atoms with Gasteiger partial charge in [0.2, 0.25) is 5.60 Å². The van der Waals surface area contributed by atoms with Crippen molar-refractivity contribution in [2.75, 3.05) is 6.61 Å². The van der Waals surface area contributed by atoms with Crippen LogP contribution in [-0.4, -0.2) is 101 Å². The first-order chi connectivity index (χ1) is 28.2. The van der Waals surface area contributed by atoms with Gasteiger partial charge < -0.3 is 33.5 Å². The Morgan fingerprint density at radius 2 is 1.03 bits per heavy atom. The minimum absolute atomic E-state index is 0.140. The summed E-state index contributed by atoms with van der Waals surface area (Å²) in [6.07, 6.45) is -35.6. The van der Waals surface area contributed by atoms with Gasteiger partial charge in [0.1, 0.15) is 17.3 Å². The molecule has 7 unspecified atom stereocenters. The average Bonchev–Trinajstić information content (AvgIpc) is 3.05. The zero-order valence-corrected chi connectivity index (χ0v) is 37.7. The maximum Gasteiger partial charge on any atom is 0.510 e. The number of carbonyl (C=O) groups excluding carboxylic acids is 4. The van der Waals surface area contributed by atoms with Crippen LogP contribution in [0, 0.1) is 28.1 Å². The lowest BCUT2D eigenvalue weighted by molar-refractivity contribution is -0.392. The summed E-state index contributed by atoms with van der Waals surface area (Å²) in [4.78, 5) is 65.2. The first kappa shape index (κ1) is 58.1. The zero-order chi connectivity index (χ0) is 50.9. The second-order valence-corrected chi connectivity index (χ2v) is 19.6. The topological polar surface area (TPSA) is 161 Å². The van der Waals surface area contributed by atoms with E-state index < -0.39 is 163 Å². The van der Waals surface area contributed by atoms with E-state index in [1.54, 1.807) is 0 Å². The highest BCUT2D eigenvalue weighted by atomic mass is 19.4. The molecule has 1 N–H and O–H groups in total. The molecule has 0 aromatic rings. The van der Waals surface area contributed by atoms with Gasteiger partial charge in [-0.1, -0.05) is 6.92 Å². The van der Waals surface area contributed by atoms with E-state index in [0.29, 0.717) is 6.92 Å². The fourth-order valence-corrected chi connectivity index (χ4v) is 7.42. The lowest BCUT2D eigenvalue weighted by Gasteiger charge is -2.49. The maximum absolute atomic E-state index is 15.1. The number of hydrogen-bond donors (Lipinski definition) is 1. The number of carboxylic acids is 1. The van der Waals surface area contributed by atoms with E-state index >= 15 is 39.5 Å². The molecule has 0 bridgehead atoms. The number of esters is 2. The Hall–Kier alpha value is -3.89. The fourth-order valence-electron chi connectivity index (χ4n) is 7.42. The Morgan fingerprint density at radius 3 is 1.41 bits per heavy atom. The van der Waals surface area contributed by atoms with Crippen molar-refractivity contribution in [1.29, 1.82) is 0 Å². The van der Waals surface area contributed by atoms with E-state index in [0.717, 1.165) is 48.5 Å². The van der Waals surface area contributed by atoms with E-state index in [1.807, 2.05) is 0 Å². The molecule has 0 saturated heterocycles. The Labute approximate surface area is 362 Å². The molecule has 0 heterocycles. The lowest BCUT2D eigenvalue weighted by Crippen LogP contribution is -2.67. The molecule has 1 saturated carbocycles. The largest absolute Gasteiger partial charge is 0.510 e. The molecule has 24 heteroatoms. The summed E-state index contributed by atoms with van der Waals surface area (Å²) in [5, 5.41) is 10.3. The van der Waals surface area contributed by atoms with Gasteiger partial charge in [-0.3, -0.25) is 14.4 Å². The summed E-state index contributed by atoms with van der Waals surface area (Å²) >= 11 is 0. The van der Waals surface area contributed by atoms with Crippen LogP contribution in [-0.2, 0) is 42.8 Å². The third kappa shape index (κ3) is 14.1. The van der Waals surface area contributed by atoms with Gasteiger partial charge in [0.25, 0.3) is 0 Å². The first-order valence-electron chi connectivity index (χ1n) is 19.8. The van der Waals surface area contributed by atoms with Crippen LogP contribution in [0.2, 0.25) is 0 Å². The van der Waals surface area contributed by atoms with Gasteiger partial charge in [-0.2, -0.15) is 48.3 Å². The molecule has 1 aliphatic carbocycles. The molecule has 374 valence electrons. The van der Waals surface area contributed by atoms with Crippen LogP contribution in [0.4, 0.5) is 62.3 Å². The summed E-state index contributed by atoms with van der Waals surface area (Å²) in [5.41, 5.74) is -19.3. The third-order valence-electron chi connectivity index (χ3n) is 10.9. The lowest BCUT2D eigenvalue weighted by atomic mass is 9.64. The van der Waals surface area contributed by atoms with Crippen molar-refractivity contribution >= 4 is 30.2 Å². The molecule has 7 atom stereocenters. The van der Waals surface area contributed by atoms with Crippen molar-refractivity contribution in [3.8, 4) is 0 Å². The molecule has 0 aromatic heterocycles. The van der Waals surface area contributed by atoms with Gasteiger partial charge in [-0.25, -0.2) is 14.0 Å². The molecule has 0 amide bonds. The van der Waals surface area contributed by atoms with Crippen molar-refractivity contribution in [2.45, 2.75) is 188 Å². The molecule has 12 nitrogen and oxygen atoms in total. The standard InChI is InChI=1S/C40H58F12O12/c1-14-33(11,19-34(12,25(53)54)18-32(9,10)26(55)59-20-36(42,43)21(2)41)27(56)60-24-16-22(35(13,38(44,45)46)63-28(57)61-30(3,4)5)15-23(17-24)37(39(47,48)49,40(50,51)52)64-29(58)62-31(6,7)8/h21-24H,14-20H2,1-13H3,(H,53,54). The van der Waals surface area contributed by atoms with Crippen molar-refractivity contribution in [3.05, 3.63) is 0 Å². The minimum Gasteiger partial charge on any atom is -0.481 e. The molecule has 0 aromatic carbocycles. The van der Waals surface area contributed by atoms with E-state index in [4.69, 9.17) is 9.47 Å². The van der Waals surface area contributed by atoms with Crippen molar-refractivity contribution in [3.63, 3.8) is 0 Å². The maximum atomic E-state index is 15.1. The predicted molar refractivity (Wildman–Crippen MR) is 198 cm³/mol. The van der Waals surface area contributed by atoms with Gasteiger partial charge in [-0.05, 0) is 122 Å². The van der Waals surface area contributed by atoms with Crippen LogP contribution >= 0.6 is 0 Å². The number of hydrogen-bond acceptors (Lipinski definition) is 11. The van der Waals surface area contributed by atoms with Crippen LogP contribution in [0.25, 0.3) is 0 Å². The number of carbonyl (C=O) groups is 5. The van der Waals surface area contributed by atoms with Gasteiger partial charge in [-0.15, -0.1) is 0 Å². The molecule has 1 fully saturated rings. The highest BCUT2D eigenvalue weighted by molar-refractivity contribution is 5.82. The summed E-state index contributed by atoms with van der Waals surface area (Å²) < 4.78 is 205. The Morgan fingerprint density at radius 1 is 0.594 bits per heavy atom. The van der Waals surface area contributed by atoms with Crippen molar-refractivity contribution in [2.24, 2.45) is 28.1 Å². The molecule has 0 aliphatic heterocycles. The van der Waals surface area contributed by atoms with Crippen LogP contribution in [0.5, 0.6) is 0 Å². The highest BCUT2D eigenvalue weighted by Gasteiger charge is 2.79. The molecule has 1 aliphatic rings. The number of rotatable bonds is 16. The number of carboxylic acid groups (broad SMARTS) is 1. The molecule has 0 radical (unpaired) electrons. The quantitative estimate of drug-likeness (QED) is 0.0887. The van der Waals surface area contributed by atoms with Crippen molar-refractivity contribution in [1.82, 2.24) is 0 Å². The van der Waals surface area contributed by atoms with Gasteiger partial charge >= 0.3 is 60.3 Å². The van der Waals surface area contributed by atoms with E-state index in [2.05, 4.69) is 18.9 Å². The Bertz CT molecular complexity index is 1670. The van der Waals surface area contributed by atoms with Crippen molar-refractivity contribution < 1.29 is 110 Å². The Balaban J connectivity index is 4.02. The smallest absolute Gasteiger partial charge is 0.481 e. The second-order valence-electron chi connectivity index (χ2n) is 19.6. The average molecular weight is 959 g/mol. The van der Waals surface area contributed by atoms with Crippen LogP contribution in [0.1, 0.15) is 129 Å². The van der Waals surface area contributed by atoms with Gasteiger partial charge in [0.15, 0.2) is 12.8 Å². The fraction of sp³-hybridized carbons (Fsp3) is 0.875. The third-order valence-corrected chi connectivity index (χ3v) is 10.9. The predicted octanol–water partition coefficient (Wildman–Crippen LogP) is 11.3. The van der Waals surface area contributed by atoms with Gasteiger partial charge in [0.05, 0.1) is 16.2 Å². The van der Waals surface area contributed by atoms with Gasteiger partial charge in [0, 0.05) is 11.8 Å². The second kappa shape index (κ2) is 19.1. The number of aliphatic carboxylic acids is 1. The number of halogens is 12. The monoisotopic (exact) mass is 958 g/mol. The highest BCUT2D eigenvalue weighted by Crippen LogP contribution is 2.58. The van der Waals surface area contributed by atoms with Crippen LogP contribution in [0.15, 0.2) is 0 Å². The zero-order valence-electron chi connectivity index (χ0n) is 37.7. The minimum atomic E-state index is -6.67. The van der Waals surface area contributed by atoms with Crippen LogP contribution < -0.4 is 0 Å². The summed E-state index contributed by atoms with van der Waals surface area (Å²) in [5.74, 6) is -14.8. The number of alkyl halides is 12. The van der Waals surface area contributed by atoms with E-state index in [9.17, 15) is 42.3 Å². The molecule has 1 rings (SSSR count). The summed E-state index contributed by atoms with van der Waals surface area (Å²) in [6, 6.07) is 0. The summed E-state index contributed by atoms with van der Waals surface area (Å²) in [6.45, 7) is 11.1. The number of ether oxygens (including phenoxy) is 6. The molecular formula is C40H58F12O12. The normalized spacial score (nSPS) is 21.8. The SMILES string of the molecule is CCC(C)(CC(C)(CC(C)(C)C(=O)OCC(F)(F)C(C)F)C(=O)O)C(=O)OC1CC(C(C)(OC(=O)OC(C)(C)C)C(F)(F)F)CC(C(OC(=O)OC(C)(C)C)(C(F)(F)F)C(F)(F)F)C1. The Kier molecular flexibility index (Phi) is 17.4. The molecule has 0 spiro atoms. The first-order valence-corrected chi connectivity index (χ1v) is 19.8. The summed E-state index contributed by atoms with van der Waals surface area (Å²) in [7, 11) is 0. The van der Waals surface area contributed by atoms with Crippen LogP contribution in [0.3, 0.4) is 0 Å². The van der Waals surface area contributed by atoms with E-state index in [1.165, 1.54) is 27.7 Å². The van der Waals surface area contributed by atoms with E-state index in [-0.39, 0.29) is 6.92 Å².